The Morgan fingerprint density at radius 2 is 1.65 bits per heavy atom. The Kier molecular flexibility index (Phi) is 10.3. The average Bonchev–Trinajstić information content (AvgIpc) is 2.30. The second-order valence-electron chi connectivity index (χ2n) is 3.32. The summed E-state index contributed by atoms with van der Waals surface area (Å²) in [5, 5.41) is 0. The number of carbonyl (C=O) groups excluding carboxylic acids is 1. The second-order valence-corrected chi connectivity index (χ2v) is 6.41. The van der Waals surface area contributed by atoms with Crippen LogP contribution in [0, 0.1) is 0 Å². The highest BCUT2D eigenvalue weighted by Crippen LogP contribution is 2.14. The summed E-state index contributed by atoms with van der Waals surface area (Å²) in [7, 11) is 2.13. The van der Waals surface area contributed by atoms with Crippen molar-refractivity contribution in [2.75, 3.05) is 27.9 Å². The third-order valence-electron chi connectivity index (χ3n) is 2.14. The summed E-state index contributed by atoms with van der Waals surface area (Å²) in [6.45, 7) is 5.42. The molecule has 0 bridgehead atoms. The molecule has 0 saturated carbocycles. The first-order chi connectivity index (χ1) is 7.51. The van der Waals surface area contributed by atoms with Crippen LogP contribution in [0.3, 0.4) is 0 Å². The number of esters is 1. The summed E-state index contributed by atoms with van der Waals surface area (Å²) in [6.07, 6.45) is 0.640. The Hall–Kier alpha value is -0.693. The van der Waals surface area contributed by atoms with Gasteiger partial charge in [-0.2, -0.15) is 0 Å². The van der Waals surface area contributed by atoms with E-state index in [1.54, 1.807) is 28.3 Å². The van der Waals surface area contributed by atoms with Gasteiger partial charge in [-0.1, -0.05) is 14.0 Å². The number of rotatable bonds is 8. The Balaban J connectivity index is 0. The van der Waals surface area contributed by atoms with Gasteiger partial charge in [0.2, 0.25) is 0 Å². The van der Waals surface area contributed by atoms with Gasteiger partial charge in [0.05, 0.1) is 6.61 Å². The molecule has 17 heavy (non-hydrogen) atoms. The van der Waals surface area contributed by atoms with Crippen molar-refractivity contribution in [2.24, 2.45) is 0 Å². The first-order valence-electron chi connectivity index (χ1n) is 4.99. The van der Waals surface area contributed by atoms with Gasteiger partial charge in [0, 0.05) is 32.9 Å². The molecule has 6 heteroatoms. The van der Waals surface area contributed by atoms with Crippen LogP contribution in [0.2, 0.25) is 6.04 Å². The monoisotopic (exact) mass is 264 g/mol. The van der Waals surface area contributed by atoms with Gasteiger partial charge >= 0.3 is 14.8 Å². The molecule has 0 N–H and O–H groups in total. The number of ether oxygens (including phenoxy) is 1. The Labute approximate surface area is 105 Å². The van der Waals surface area contributed by atoms with Crippen LogP contribution in [0.25, 0.3) is 0 Å². The van der Waals surface area contributed by atoms with Crippen molar-refractivity contribution in [1.82, 2.24) is 0 Å². The van der Waals surface area contributed by atoms with Gasteiger partial charge in [-0.15, -0.1) is 0 Å². The molecule has 0 atom stereocenters. The maximum atomic E-state index is 11.1. The third-order valence-corrected chi connectivity index (χ3v) is 4.97. The summed E-state index contributed by atoms with van der Waals surface area (Å²) >= 11 is 0. The first kappa shape index (κ1) is 18.7. The smallest absolute Gasteiger partial charge is 0.462 e. The van der Waals surface area contributed by atoms with Gasteiger partial charge in [-0.05, 0) is 13.3 Å². The van der Waals surface area contributed by atoms with Crippen LogP contribution in [-0.2, 0) is 22.8 Å². The molecule has 102 valence electrons. The molecule has 0 aromatic rings. The molecule has 0 aromatic heterocycles. The third kappa shape index (κ3) is 6.57. The lowest BCUT2D eigenvalue weighted by molar-refractivity contribution is -0.139. The van der Waals surface area contributed by atoms with Crippen LogP contribution < -0.4 is 0 Å². The van der Waals surface area contributed by atoms with E-state index in [0.717, 1.165) is 0 Å². The normalized spacial score (nSPS) is 10.6. The fourth-order valence-electron chi connectivity index (χ4n) is 1.13. The number of hydrogen-bond donors (Lipinski definition) is 0. The van der Waals surface area contributed by atoms with E-state index in [-0.39, 0.29) is 13.4 Å². The fraction of sp³-hybridized carbons (Fsp3) is 0.727. The lowest BCUT2D eigenvalue weighted by Gasteiger charge is -2.24. The zero-order valence-corrected chi connectivity index (χ0v) is 11.4. The van der Waals surface area contributed by atoms with E-state index in [1.807, 2.05) is 0 Å². The minimum absolute atomic E-state index is 0. The van der Waals surface area contributed by atoms with Gasteiger partial charge < -0.3 is 18.0 Å². The van der Waals surface area contributed by atoms with Crippen molar-refractivity contribution in [2.45, 2.75) is 26.8 Å². The zero-order chi connectivity index (χ0) is 12.6. The van der Waals surface area contributed by atoms with Crippen molar-refractivity contribution in [3.8, 4) is 0 Å². The van der Waals surface area contributed by atoms with Crippen LogP contribution in [0.4, 0.5) is 0 Å². The van der Waals surface area contributed by atoms with Crippen molar-refractivity contribution in [3.05, 3.63) is 12.2 Å². The molecule has 0 radical (unpaired) electrons. The number of carbonyl (C=O) groups is 1. The summed E-state index contributed by atoms with van der Waals surface area (Å²) in [5.41, 5.74) is 0.397. The Morgan fingerprint density at radius 1 is 1.18 bits per heavy atom. The molecule has 0 amide bonds. The molecule has 0 aliphatic rings. The summed E-state index contributed by atoms with van der Waals surface area (Å²) in [4.78, 5) is 11.1. The lowest BCUT2D eigenvalue weighted by atomic mass is 10.4. The molecule has 0 aliphatic heterocycles. The quantitative estimate of drug-likeness (QED) is 0.290. The molecular formula is C11H24O5Si. The molecule has 0 heterocycles. The summed E-state index contributed by atoms with van der Waals surface area (Å²) in [6, 6.07) is 0.611. The van der Waals surface area contributed by atoms with Crippen LogP contribution in [0.1, 0.15) is 20.8 Å². The number of hydrogen-bond acceptors (Lipinski definition) is 5. The highest BCUT2D eigenvalue weighted by atomic mass is 28.4. The van der Waals surface area contributed by atoms with Crippen molar-refractivity contribution in [3.63, 3.8) is 0 Å². The van der Waals surface area contributed by atoms with Crippen molar-refractivity contribution < 1.29 is 22.8 Å². The average molecular weight is 264 g/mol. The van der Waals surface area contributed by atoms with E-state index >= 15 is 0 Å². The largest absolute Gasteiger partial charge is 0.500 e. The molecule has 0 fully saturated rings. The summed E-state index contributed by atoms with van der Waals surface area (Å²) < 4.78 is 20.6. The molecule has 0 unspecified atom stereocenters. The predicted octanol–water partition coefficient (Wildman–Crippen LogP) is 2.01. The SMILES string of the molecule is C.C=C(C)C(=O)OCCC[Si](OC)(OC)OC. The van der Waals surface area contributed by atoms with E-state index in [1.165, 1.54) is 0 Å². The van der Waals surface area contributed by atoms with E-state index in [4.69, 9.17) is 18.0 Å². The fourth-order valence-corrected chi connectivity index (χ4v) is 2.82. The van der Waals surface area contributed by atoms with Crippen molar-refractivity contribution >= 4 is 14.8 Å². The maximum Gasteiger partial charge on any atom is 0.500 e. The highest BCUT2D eigenvalue weighted by molar-refractivity contribution is 6.60. The predicted molar refractivity (Wildman–Crippen MR) is 68.7 cm³/mol. The van der Waals surface area contributed by atoms with Crippen LogP contribution in [-0.4, -0.2) is 42.7 Å². The van der Waals surface area contributed by atoms with Crippen LogP contribution in [0.15, 0.2) is 12.2 Å². The molecule has 5 nitrogen and oxygen atoms in total. The molecular weight excluding hydrogens is 240 g/mol. The molecule has 0 aromatic carbocycles. The van der Waals surface area contributed by atoms with Gasteiger partial charge in [0.1, 0.15) is 0 Å². The summed E-state index contributed by atoms with van der Waals surface area (Å²) in [5.74, 6) is -0.375. The van der Waals surface area contributed by atoms with E-state index in [2.05, 4.69) is 6.58 Å². The molecule has 0 rings (SSSR count). The highest BCUT2D eigenvalue weighted by Gasteiger charge is 2.36. The Bertz CT molecular complexity index is 230. The van der Waals surface area contributed by atoms with Crippen LogP contribution in [0.5, 0.6) is 0 Å². The Morgan fingerprint density at radius 3 is 2.00 bits per heavy atom. The molecule has 0 saturated heterocycles. The van der Waals surface area contributed by atoms with Crippen molar-refractivity contribution in [1.29, 1.82) is 0 Å². The topological polar surface area (TPSA) is 54.0 Å². The minimum atomic E-state index is -2.53. The zero-order valence-electron chi connectivity index (χ0n) is 10.4. The molecule has 0 spiro atoms. The van der Waals surface area contributed by atoms with Gasteiger partial charge in [-0.25, -0.2) is 4.79 Å². The standard InChI is InChI=1S/C10H20O5Si.CH4/c1-9(2)10(11)15-7-6-8-16(12-3,13-4)14-5;/h1,6-8H2,2-5H3;1H4. The van der Waals surface area contributed by atoms with Gasteiger partial charge in [0.15, 0.2) is 0 Å². The first-order valence-corrected chi connectivity index (χ1v) is 6.92. The van der Waals surface area contributed by atoms with Gasteiger partial charge in [-0.3, -0.25) is 0 Å². The van der Waals surface area contributed by atoms with E-state index < -0.39 is 8.80 Å². The van der Waals surface area contributed by atoms with Crippen LogP contribution >= 0.6 is 0 Å². The van der Waals surface area contributed by atoms with E-state index in [0.29, 0.717) is 24.6 Å². The second kappa shape index (κ2) is 9.35. The minimum Gasteiger partial charge on any atom is -0.462 e. The lowest BCUT2D eigenvalue weighted by Crippen LogP contribution is -2.42. The van der Waals surface area contributed by atoms with E-state index in [9.17, 15) is 4.79 Å². The maximum absolute atomic E-state index is 11.1. The van der Waals surface area contributed by atoms with Gasteiger partial charge in [0.25, 0.3) is 0 Å². The molecule has 0 aliphatic carbocycles.